The lowest BCUT2D eigenvalue weighted by molar-refractivity contribution is 0.409. The molecule has 1 atom stereocenters. The van der Waals surface area contributed by atoms with E-state index in [0.717, 1.165) is 17.9 Å². The summed E-state index contributed by atoms with van der Waals surface area (Å²) in [5.41, 5.74) is 3.48. The quantitative estimate of drug-likeness (QED) is 0.910. The molecule has 1 saturated carbocycles. The minimum Gasteiger partial charge on any atom is -0.497 e. The van der Waals surface area contributed by atoms with Gasteiger partial charge < -0.3 is 10.1 Å². The van der Waals surface area contributed by atoms with Crippen LogP contribution in [-0.4, -0.2) is 13.7 Å². The van der Waals surface area contributed by atoms with Crippen LogP contribution in [0.4, 0.5) is 4.39 Å². The Hall–Kier alpha value is -1.87. The summed E-state index contributed by atoms with van der Waals surface area (Å²) in [4.78, 5) is 0. The highest BCUT2D eigenvalue weighted by Gasteiger charge is 2.49. The molecular formula is C18H18FNO. The smallest absolute Gasteiger partial charge is 0.128 e. The van der Waals surface area contributed by atoms with Crippen molar-refractivity contribution in [2.24, 2.45) is 0 Å². The molecule has 0 aromatic heterocycles. The number of methoxy groups -OCH3 is 1. The van der Waals surface area contributed by atoms with Crippen molar-refractivity contribution in [1.82, 2.24) is 5.32 Å². The van der Waals surface area contributed by atoms with Crippen molar-refractivity contribution in [2.75, 3.05) is 13.7 Å². The van der Waals surface area contributed by atoms with Crippen LogP contribution in [0.25, 0.3) is 0 Å². The van der Waals surface area contributed by atoms with E-state index in [2.05, 4.69) is 17.4 Å². The third kappa shape index (κ3) is 1.95. The zero-order chi connectivity index (χ0) is 14.4. The highest BCUT2D eigenvalue weighted by molar-refractivity contribution is 5.50. The Kier molecular flexibility index (Phi) is 2.79. The van der Waals surface area contributed by atoms with E-state index >= 15 is 0 Å². The molecule has 4 rings (SSSR count). The van der Waals surface area contributed by atoms with E-state index in [0.29, 0.717) is 0 Å². The van der Waals surface area contributed by atoms with Gasteiger partial charge in [0.25, 0.3) is 0 Å². The Morgan fingerprint density at radius 3 is 2.67 bits per heavy atom. The number of benzene rings is 2. The molecule has 0 bridgehead atoms. The average Bonchev–Trinajstić information content (AvgIpc) is 3.29. The number of nitrogens with one attached hydrogen (secondary N) is 1. The molecular weight excluding hydrogens is 265 g/mol. The molecule has 0 saturated heterocycles. The zero-order valence-electron chi connectivity index (χ0n) is 12.0. The van der Waals surface area contributed by atoms with Crippen LogP contribution in [-0.2, 0) is 5.41 Å². The minimum atomic E-state index is -0.150. The first-order chi connectivity index (χ1) is 10.2. The molecule has 2 aromatic rings. The van der Waals surface area contributed by atoms with Crippen molar-refractivity contribution in [2.45, 2.75) is 24.3 Å². The van der Waals surface area contributed by atoms with E-state index in [1.54, 1.807) is 13.2 Å². The van der Waals surface area contributed by atoms with Gasteiger partial charge >= 0.3 is 0 Å². The highest BCUT2D eigenvalue weighted by Crippen LogP contribution is 2.53. The first-order valence-corrected chi connectivity index (χ1v) is 7.40. The van der Waals surface area contributed by atoms with Gasteiger partial charge in [0.1, 0.15) is 11.6 Å². The molecule has 108 valence electrons. The fraction of sp³-hybridized carbons (Fsp3) is 0.333. The maximum Gasteiger partial charge on any atom is 0.128 e. The molecule has 21 heavy (non-hydrogen) atoms. The van der Waals surface area contributed by atoms with Gasteiger partial charge in [-0.15, -0.1) is 0 Å². The van der Waals surface area contributed by atoms with E-state index in [1.165, 1.54) is 30.0 Å². The monoisotopic (exact) mass is 283 g/mol. The average molecular weight is 283 g/mol. The van der Waals surface area contributed by atoms with Gasteiger partial charge in [0.05, 0.1) is 13.2 Å². The summed E-state index contributed by atoms with van der Waals surface area (Å²) in [7, 11) is 1.69. The van der Waals surface area contributed by atoms with Crippen molar-refractivity contribution in [3.63, 3.8) is 0 Å². The number of fused-ring (bicyclic) bond motifs is 2. The molecule has 1 unspecified atom stereocenters. The molecule has 1 heterocycles. The Labute approximate surface area is 123 Å². The summed E-state index contributed by atoms with van der Waals surface area (Å²) in [6, 6.07) is 13.1. The summed E-state index contributed by atoms with van der Waals surface area (Å²) in [5.74, 6) is 0.734. The predicted octanol–water partition coefficient (Wildman–Crippen LogP) is 3.56. The van der Waals surface area contributed by atoms with Crippen LogP contribution in [0.15, 0.2) is 42.5 Å². The van der Waals surface area contributed by atoms with E-state index in [1.807, 2.05) is 18.2 Å². The third-order valence-electron chi connectivity index (χ3n) is 4.86. The summed E-state index contributed by atoms with van der Waals surface area (Å²) < 4.78 is 19.5. The standard InChI is InChI=1S/C18H18FNO/c1-21-12-6-7-13-15(10-12)18(8-9-18)11-20-17(13)14-4-2-3-5-16(14)19/h2-7,10,17,20H,8-9,11H2,1H3. The van der Waals surface area contributed by atoms with Crippen molar-refractivity contribution >= 4 is 0 Å². The first kappa shape index (κ1) is 12.8. The third-order valence-corrected chi connectivity index (χ3v) is 4.86. The maximum atomic E-state index is 14.2. The molecule has 2 nitrogen and oxygen atoms in total. The number of halogens is 1. The number of hydrogen-bond acceptors (Lipinski definition) is 2. The Morgan fingerprint density at radius 2 is 1.95 bits per heavy atom. The molecule has 1 spiro atoms. The van der Waals surface area contributed by atoms with E-state index < -0.39 is 0 Å². The van der Waals surface area contributed by atoms with Gasteiger partial charge in [-0.25, -0.2) is 4.39 Å². The molecule has 2 aliphatic rings. The van der Waals surface area contributed by atoms with Gasteiger partial charge in [-0.1, -0.05) is 24.3 Å². The second-order valence-corrected chi connectivity index (χ2v) is 6.07. The number of ether oxygens (including phenoxy) is 1. The molecule has 1 N–H and O–H groups in total. The van der Waals surface area contributed by atoms with Gasteiger partial charge in [0.15, 0.2) is 0 Å². The van der Waals surface area contributed by atoms with Crippen LogP contribution in [0, 0.1) is 5.82 Å². The van der Waals surface area contributed by atoms with Crippen LogP contribution < -0.4 is 10.1 Å². The van der Waals surface area contributed by atoms with Gasteiger partial charge in [0, 0.05) is 17.5 Å². The van der Waals surface area contributed by atoms with Gasteiger partial charge in [0.2, 0.25) is 0 Å². The lowest BCUT2D eigenvalue weighted by Gasteiger charge is -2.33. The van der Waals surface area contributed by atoms with E-state index in [-0.39, 0.29) is 17.3 Å². The SMILES string of the molecule is COc1ccc2c(c1)C1(CC1)CNC2c1ccccc1F. The van der Waals surface area contributed by atoms with Crippen molar-refractivity contribution in [3.05, 3.63) is 65.0 Å². The van der Waals surface area contributed by atoms with E-state index in [4.69, 9.17) is 4.74 Å². The number of rotatable bonds is 2. The molecule has 1 aliphatic carbocycles. The Morgan fingerprint density at radius 1 is 1.14 bits per heavy atom. The lowest BCUT2D eigenvalue weighted by Crippen LogP contribution is -2.38. The van der Waals surface area contributed by atoms with Gasteiger partial charge in [-0.2, -0.15) is 0 Å². The van der Waals surface area contributed by atoms with Crippen molar-refractivity contribution in [3.8, 4) is 5.75 Å². The van der Waals surface area contributed by atoms with Crippen molar-refractivity contribution < 1.29 is 9.13 Å². The Bertz CT molecular complexity index is 693. The molecule has 1 fully saturated rings. The fourth-order valence-electron chi connectivity index (χ4n) is 3.46. The molecule has 3 heteroatoms. The molecule has 0 amide bonds. The van der Waals surface area contributed by atoms with Crippen LogP contribution in [0.3, 0.4) is 0 Å². The van der Waals surface area contributed by atoms with Crippen LogP contribution >= 0.6 is 0 Å². The van der Waals surface area contributed by atoms with Gasteiger partial charge in [-0.05, 0) is 42.2 Å². The summed E-state index contributed by atoms with van der Waals surface area (Å²) in [6.45, 7) is 0.909. The highest BCUT2D eigenvalue weighted by atomic mass is 19.1. The Balaban J connectivity index is 1.85. The zero-order valence-corrected chi connectivity index (χ0v) is 12.0. The van der Waals surface area contributed by atoms with Gasteiger partial charge in [-0.3, -0.25) is 0 Å². The second-order valence-electron chi connectivity index (χ2n) is 6.07. The topological polar surface area (TPSA) is 21.3 Å². The summed E-state index contributed by atoms with van der Waals surface area (Å²) >= 11 is 0. The summed E-state index contributed by atoms with van der Waals surface area (Å²) in [5, 5.41) is 3.54. The second kappa shape index (κ2) is 4.57. The molecule has 0 radical (unpaired) electrons. The van der Waals surface area contributed by atoms with Crippen LogP contribution in [0.1, 0.15) is 35.6 Å². The van der Waals surface area contributed by atoms with E-state index in [9.17, 15) is 4.39 Å². The minimum absolute atomic E-state index is 0.0710. The normalized spacial score (nSPS) is 21.9. The van der Waals surface area contributed by atoms with Crippen LogP contribution in [0.5, 0.6) is 5.75 Å². The number of hydrogen-bond donors (Lipinski definition) is 1. The predicted molar refractivity (Wildman–Crippen MR) is 80.2 cm³/mol. The summed E-state index contributed by atoms with van der Waals surface area (Å²) in [6.07, 6.45) is 2.40. The fourth-order valence-corrected chi connectivity index (χ4v) is 3.46. The molecule has 2 aromatic carbocycles. The van der Waals surface area contributed by atoms with Crippen molar-refractivity contribution in [1.29, 1.82) is 0 Å². The first-order valence-electron chi connectivity index (χ1n) is 7.40. The largest absolute Gasteiger partial charge is 0.497 e. The molecule has 1 aliphatic heterocycles. The maximum absolute atomic E-state index is 14.2. The van der Waals surface area contributed by atoms with Crippen LogP contribution in [0.2, 0.25) is 0 Å². The lowest BCUT2D eigenvalue weighted by atomic mass is 9.81.